The summed E-state index contributed by atoms with van der Waals surface area (Å²) in [5.41, 5.74) is 7.35. The molecule has 126 valence electrons. The number of nitrogens with zero attached hydrogens (tertiary/aromatic N) is 3. The van der Waals surface area contributed by atoms with E-state index in [4.69, 9.17) is 5.73 Å². The second-order valence-electron chi connectivity index (χ2n) is 5.64. The largest absolute Gasteiger partial charge is 0.368 e. The third-order valence-electron chi connectivity index (χ3n) is 4.02. The Kier molecular flexibility index (Phi) is 4.28. The molecule has 2 heterocycles. The molecule has 0 aliphatic carbocycles. The molecule has 2 N–H and O–H groups in total. The van der Waals surface area contributed by atoms with Crippen LogP contribution in [0.4, 0.5) is 8.78 Å². The first-order chi connectivity index (χ1) is 11.5. The van der Waals surface area contributed by atoms with Crippen molar-refractivity contribution in [2.75, 3.05) is 0 Å². The smallest absolute Gasteiger partial charge is 0.275 e. The molecular weight excluding hydrogens is 318 g/mol. The van der Waals surface area contributed by atoms with Crippen molar-refractivity contribution in [1.82, 2.24) is 14.7 Å². The Morgan fingerprint density at radius 3 is 2.62 bits per heavy atom. The van der Waals surface area contributed by atoms with E-state index in [1.807, 2.05) is 24.3 Å². The minimum atomic E-state index is -2.56. The Balaban J connectivity index is 1.87. The second kappa shape index (κ2) is 6.38. The Morgan fingerprint density at radius 1 is 1.25 bits per heavy atom. The van der Waals surface area contributed by atoms with Crippen LogP contribution in [0.2, 0.25) is 0 Å². The van der Waals surface area contributed by atoms with Gasteiger partial charge in [-0.05, 0) is 17.2 Å². The van der Waals surface area contributed by atoms with Crippen molar-refractivity contribution in [3.63, 3.8) is 0 Å². The summed E-state index contributed by atoms with van der Waals surface area (Å²) < 4.78 is 25.8. The van der Waals surface area contributed by atoms with Crippen LogP contribution in [0.25, 0.3) is 0 Å². The summed E-state index contributed by atoms with van der Waals surface area (Å²) in [4.78, 5) is 25.8. The number of fused-ring (bicyclic) bond motifs is 1. The first-order valence-corrected chi connectivity index (χ1v) is 7.44. The molecule has 2 aromatic rings. The van der Waals surface area contributed by atoms with Crippen LogP contribution in [0, 0.1) is 0 Å². The molecule has 0 spiro atoms. The average molecular weight is 334 g/mol. The fourth-order valence-corrected chi connectivity index (χ4v) is 2.86. The fraction of sp³-hybridized carbons (Fsp3) is 0.312. The highest BCUT2D eigenvalue weighted by atomic mass is 19.3. The SMILES string of the molecule is NC(=O)[C@@H]1Cc2ccccc2CN1C(=O)c1ccn(CC(F)F)n1. The van der Waals surface area contributed by atoms with Gasteiger partial charge in [-0.25, -0.2) is 8.78 Å². The Morgan fingerprint density at radius 2 is 1.96 bits per heavy atom. The Hall–Kier alpha value is -2.77. The van der Waals surface area contributed by atoms with Crippen LogP contribution in [0.15, 0.2) is 36.5 Å². The van der Waals surface area contributed by atoms with Crippen molar-refractivity contribution in [2.24, 2.45) is 5.73 Å². The van der Waals surface area contributed by atoms with Gasteiger partial charge in [0.15, 0.2) is 0 Å². The molecule has 0 unspecified atom stereocenters. The number of amides is 2. The molecule has 1 aliphatic heterocycles. The van der Waals surface area contributed by atoms with E-state index in [1.165, 1.54) is 17.2 Å². The van der Waals surface area contributed by atoms with Gasteiger partial charge in [-0.15, -0.1) is 0 Å². The molecular formula is C16H16F2N4O2. The van der Waals surface area contributed by atoms with Crippen molar-refractivity contribution < 1.29 is 18.4 Å². The number of rotatable bonds is 4. The molecule has 3 rings (SSSR count). The third kappa shape index (κ3) is 3.12. The predicted octanol–water partition coefficient (Wildman–Crippen LogP) is 1.20. The summed E-state index contributed by atoms with van der Waals surface area (Å²) in [6.07, 6.45) is -0.918. The van der Waals surface area contributed by atoms with Crippen molar-refractivity contribution >= 4 is 11.8 Å². The summed E-state index contributed by atoms with van der Waals surface area (Å²) in [7, 11) is 0. The van der Waals surface area contributed by atoms with E-state index in [0.717, 1.165) is 15.8 Å². The second-order valence-corrected chi connectivity index (χ2v) is 5.64. The summed E-state index contributed by atoms with van der Waals surface area (Å²) in [6, 6.07) is 8.06. The predicted molar refractivity (Wildman–Crippen MR) is 81.2 cm³/mol. The maximum Gasteiger partial charge on any atom is 0.275 e. The highest BCUT2D eigenvalue weighted by molar-refractivity contribution is 5.96. The monoisotopic (exact) mass is 334 g/mol. The van der Waals surface area contributed by atoms with E-state index >= 15 is 0 Å². The van der Waals surface area contributed by atoms with Gasteiger partial charge in [0.25, 0.3) is 12.3 Å². The number of primary amides is 1. The number of benzene rings is 1. The topological polar surface area (TPSA) is 81.2 Å². The van der Waals surface area contributed by atoms with Crippen LogP contribution in [0.5, 0.6) is 0 Å². The fourth-order valence-electron chi connectivity index (χ4n) is 2.86. The highest BCUT2D eigenvalue weighted by Crippen LogP contribution is 2.24. The molecule has 1 aromatic heterocycles. The lowest BCUT2D eigenvalue weighted by Gasteiger charge is -2.34. The van der Waals surface area contributed by atoms with Crippen molar-refractivity contribution in [3.05, 3.63) is 53.3 Å². The van der Waals surface area contributed by atoms with Gasteiger partial charge in [-0.2, -0.15) is 5.10 Å². The molecule has 1 aliphatic rings. The Labute approximate surface area is 136 Å². The van der Waals surface area contributed by atoms with Crippen LogP contribution < -0.4 is 5.73 Å². The first-order valence-electron chi connectivity index (χ1n) is 7.44. The van der Waals surface area contributed by atoms with Crippen LogP contribution in [0.1, 0.15) is 21.6 Å². The molecule has 8 heteroatoms. The minimum absolute atomic E-state index is 0.0151. The van der Waals surface area contributed by atoms with Gasteiger partial charge in [0.1, 0.15) is 18.3 Å². The van der Waals surface area contributed by atoms with E-state index in [2.05, 4.69) is 5.10 Å². The van der Waals surface area contributed by atoms with Crippen molar-refractivity contribution in [1.29, 1.82) is 0 Å². The number of carbonyl (C=O) groups is 2. The highest BCUT2D eigenvalue weighted by Gasteiger charge is 2.34. The number of carbonyl (C=O) groups excluding carboxylic acids is 2. The van der Waals surface area contributed by atoms with E-state index in [0.29, 0.717) is 6.42 Å². The quantitative estimate of drug-likeness (QED) is 0.912. The summed E-state index contributed by atoms with van der Waals surface area (Å²) in [5.74, 6) is -1.11. The third-order valence-corrected chi connectivity index (χ3v) is 4.02. The van der Waals surface area contributed by atoms with Crippen LogP contribution in [-0.4, -0.2) is 39.0 Å². The van der Waals surface area contributed by atoms with Gasteiger partial charge in [0.05, 0.1) is 0 Å². The lowest BCUT2D eigenvalue weighted by Crippen LogP contribution is -2.51. The number of aromatic nitrogens is 2. The van der Waals surface area contributed by atoms with Gasteiger partial charge in [0.2, 0.25) is 5.91 Å². The van der Waals surface area contributed by atoms with Crippen LogP contribution in [-0.2, 0) is 24.3 Å². The standard InChI is InChI=1S/C16H16F2N4O2/c17-14(18)9-21-6-5-12(20-21)16(24)22-8-11-4-2-1-3-10(11)7-13(22)15(19)23/h1-6,13-14H,7-9H2,(H2,19,23)/t13-/m0/s1. The van der Waals surface area contributed by atoms with Crippen LogP contribution >= 0.6 is 0 Å². The zero-order valence-electron chi connectivity index (χ0n) is 12.7. The minimum Gasteiger partial charge on any atom is -0.368 e. The number of halogens is 2. The first kappa shape index (κ1) is 16.1. The maximum absolute atomic E-state index is 12.7. The molecule has 24 heavy (non-hydrogen) atoms. The summed E-state index contributed by atoms with van der Waals surface area (Å²) >= 11 is 0. The zero-order valence-corrected chi connectivity index (χ0v) is 12.7. The van der Waals surface area contributed by atoms with E-state index in [9.17, 15) is 18.4 Å². The summed E-state index contributed by atoms with van der Waals surface area (Å²) in [5, 5.41) is 3.87. The molecule has 1 atom stereocenters. The molecule has 1 aromatic carbocycles. The maximum atomic E-state index is 12.7. The molecule has 6 nitrogen and oxygen atoms in total. The van der Waals surface area contributed by atoms with Gasteiger partial charge in [0, 0.05) is 19.2 Å². The van der Waals surface area contributed by atoms with Crippen LogP contribution in [0.3, 0.4) is 0 Å². The Bertz CT molecular complexity index is 775. The number of alkyl halides is 2. The van der Waals surface area contributed by atoms with E-state index in [-0.39, 0.29) is 12.2 Å². The number of hydrogen-bond acceptors (Lipinski definition) is 3. The average Bonchev–Trinajstić information content (AvgIpc) is 3.00. The van der Waals surface area contributed by atoms with Gasteiger partial charge in [-0.1, -0.05) is 24.3 Å². The van der Waals surface area contributed by atoms with E-state index in [1.54, 1.807) is 0 Å². The van der Waals surface area contributed by atoms with Gasteiger partial charge in [-0.3, -0.25) is 14.3 Å². The lowest BCUT2D eigenvalue weighted by atomic mass is 9.93. The molecule has 0 saturated carbocycles. The molecule has 0 fully saturated rings. The van der Waals surface area contributed by atoms with Crippen molar-refractivity contribution in [3.8, 4) is 0 Å². The zero-order chi connectivity index (χ0) is 17.3. The van der Waals surface area contributed by atoms with Gasteiger partial charge >= 0.3 is 0 Å². The molecule has 0 bridgehead atoms. The molecule has 2 amide bonds. The van der Waals surface area contributed by atoms with Crippen molar-refractivity contribution in [2.45, 2.75) is 32.0 Å². The molecule has 0 saturated heterocycles. The van der Waals surface area contributed by atoms with E-state index < -0.39 is 30.8 Å². The summed E-state index contributed by atoms with van der Waals surface area (Å²) in [6.45, 7) is -0.361. The normalized spacial score (nSPS) is 17.0. The molecule has 0 radical (unpaired) electrons. The number of hydrogen-bond donors (Lipinski definition) is 1. The lowest BCUT2D eigenvalue weighted by molar-refractivity contribution is -0.122. The number of nitrogens with two attached hydrogens (primary N) is 1. The van der Waals surface area contributed by atoms with Gasteiger partial charge < -0.3 is 10.6 Å².